The zero-order valence-corrected chi connectivity index (χ0v) is 26.3. The number of thioether (sulfide) groups is 1. The standard InChI is InChI=1S/C13H10ClN3O3S.C12H11ClN2O2.C2H6N2S.CH4/c1-21(19,20)13-15-6-7-4-11(18)16-10-5-8(14)2-3-9(10)12(7)17-13;1-14-6-7-4-11(16)15-10-5-8(13)2-3-9(10)12(7)17;1-5-2(3)4;/h2-3,5-6H,4H2,1H3,(H,16,18);2-3,5-6,14H,4H2,1H3,(H,15,16);1H3,(H3,3,4);1H4/b;7-6+;;. The van der Waals surface area contributed by atoms with Crippen molar-refractivity contribution in [3.8, 4) is 11.3 Å². The van der Waals surface area contributed by atoms with E-state index in [-0.39, 0.29) is 48.2 Å². The summed E-state index contributed by atoms with van der Waals surface area (Å²) in [4.78, 5) is 43.6. The Kier molecular flexibility index (Phi) is 12.9. The molecule has 16 heteroatoms. The van der Waals surface area contributed by atoms with E-state index < -0.39 is 9.84 Å². The number of fused-ring (bicyclic) bond motifs is 4. The van der Waals surface area contributed by atoms with Crippen LogP contribution in [0.2, 0.25) is 10.0 Å². The average Bonchev–Trinajstić information content (AvgIpc) is 3.14. The average molecular weight is 681 g/mol. The minimum Gasteiger partial charge on any atom is -0.394 e. The molecule has 44 heavy (non-hydrogen) atoms. The van der Waals surface area contributed by atoms with Gasteiger partial charge >= 0.3 is 0 Å². The number of sulfone groups is 1. The molecule has 5 rings (SSSR count). The molecule has 0 bridgehead atoms. The van der Waals surface area contributed by atoms with Gasteiger partial charge in [0.25, 0.3) is 0 Å². The molecule has 0 fully saturated rings. The Labute approximate surface area is 269 Å². The van der Waals surface area contributed by atoms with Gasteiger partial charge < -0.3 is 21.7 Å². The lowest BCUT2D eigenvalue weighted by Crippen LogP contribution is -2.13. The number of amides is 2. The molecule has 3 heterocycles. The van der Waals surface area contributed by atoms with Gasteiger partial charge in [-0.15, -0.1) is 0 Å². The number of nitrogens with zero attached hydrogens (tertiary/aromatic N) is 2. The lowest BCUT2D eigenvalue weighted by Gasteiger charge is -2.09. The summed E-state index contributed by atoms with van der Waals surface area (Å²) < 4.78 is 23.2. The molecule has 0 spiro atoms. The maximum atomic E-state index is 12.1. The normalized spacial score (nSPS) is 14.2. The second-order valence-electron chi connectivity index (χ2n) is 8.98. The molecular weight excluding hydrogens is 649 g/mol. The molecule has 0 radical (unpaired) electrons. The molecule has 0 saturated carbocycles. The molecule has 2 aliphatic heterocycles. The summed E-state index contributed by atoms with van der Waals surface area (Å²) in [5.41, 5.74) is 8.32. The molecule has 12 nitrogen and oxygen atoms in total. The van der Waals surface area contributed by atoms with Crippen molar-refractivity contribution < 1.29 is 22.8 Å². The number of hydrogen-bond donors (Lipinski definition) is 5. The third-order valence-electron chi connectivity index (χ3n) is 5.72. The third kappa shape index (κ3) is 9.51. The van der Waals surface area contributed by atoms with Crippen molar-refractivity contribution in [3.63, 3.8) is 0 Å². The highest BCUT2D eigenvalue weighted by Gasteiger charge is 2.25. The molecule has 234 valence electrons. The van der Waals surface area contributed by atoms with E-state index in [4.69, 9.17) is 34.3 Å². The van der Waals surface area contributed by atoms with E-state index in [9.17, 15) is 22.8 Å². The Bertz CT molecular complexity index is 1750. The number of benzene rings is 2. The van der Waals surface area contributed by atoms with Crippen LogP contribution in [-0.4, -0.2) is 60.7 Å². The van der Waals surface area contributed by atoms with Crippen molar-refractivity contribution in [1.29, 1.82) is 5.41 Å². The number of nitrogens with two attached hydrogens (primary N) is 1. The van der Waals surface area contributed by atoms with Crippen LogP contribution in [-0.2, 0) is 25.8 Å². The van der Waals surface area contributed by atoms with Crippen LogP contribution < -0.4 is 21.7 Å². The summed E-state index contributed by atoms with van der Waals surface area (Å²) in [6.45, 7) is 0. The van der Waals surface area contributed by atoms with Crippen LogP contribution in [0, 0.1) is 5.41 Å². The van der Waals surface area contributed by atoms with Crippen LogP contribution in [0.5, 0.6) is 0 Å². The maximum absolute atomic E-state index is 12.1. The highest BCUT2D eigenvalue weighted by Crippen LogP contribution is 2.34. The first kappa shape index (κ1) is 36.2. The third-order valence-corrected chi connectivity index (χ3v) is 7.49. The number of carbonyl (C=O) groups excluding carboxylic acids is 3. The van der Waals surface area contributed by atoms with Gasteiger partial charge in [-0.05, 0) is 42.7 Å². The van der Waals surface area contributed by atoms with Gasteiger partial charge in [-0.3, -0.25) is 19.8 Å². The van der Waals surface area contributed by atoms with Gasteiger partial charge in [0.2, 0.25) is 26.8 Å². The zero-order valence-electron chi connectivity index (χ0n) is 23.1. The van der Waals surface area contributed by atoms with Gasteiger partial charge in [0.15, 0.2) is 11.0 Å². The molecule has 0 unspecified atom stereocenters. The van der Waals surface area contributed by atoms with Crippen LogP contribution in [0.15, 0.2) is 59.5 Å². The summed E-state index contributed by atoms with van der Waals surface area (Å²) in [6.07, 6.45) is 5.87. The summed E-state index contributed by atoms with van der Waals surface area (Å²) in [7, 11) is -1.84. The number of aromatic nitrogens is 2. The van der Waals surface area contributed by atoms with Crippen LogP contribution in [0.1, 0.15) is 29.8 Å². The van der Waals surface area contributed by atoms with E-state index in [2.05, 4.69) is 25.9 Å². The number of ketones is 1. The van der Waals surface area contributed by atoms with Gasteiger partial charge in [-0.2, -0.15) is 0 Å². The molecule has 0 saturated heterocycles. The van der Waals surface area contributed by atoms with Gasteiger partial charge in [0.05, 0.1) is 29.9 Å². The number of hydrogen-bond acceptors (Lipinski definition) is 10. The van der Waals surface area contributed by atoms with Crippen LogP contribution >= 0.6 is 35.0 Å². The van der Waals surface area contributed by atoms with Crippen LogP contribution in [0.25, 0.3) is 11.3 Å². The van der Waals surface area contributed by atoms with E-state index in [1.54, 1.807) is 55.9 Å². The molecule has 2 aromatic carbocycles. The van der Waals surface area contributed by atoms with E-state index in [1.165, 1.54) is 18.0 Å². The Morgan fingerprint density at radius 3 is 2.07 bits per heavy atom. The van der Waals surface area contributed by atoms with E-state index in [0.29, 0.717) is 49.4 Å². The number of anilines is 2. The summed E-state index contributed by atoms with van der Waals surface area (Å²) >= 11 is 13.0. The van der Waals surface area contributed by atoms with Crippen LogP contribution in [0.4, 0.5) is 11.4 Å². The lowest BCUT2D eigenvalue weighted by atomic mass is 10.0. The van der Waals surface area contributed by atoms with Gasteiger partial charge in [0, 0.05) is 58.0 Å². The van der Waals surface area contributed by atoms with E-state index in [0.717, 1.165) is 6.26 Å². The number of amidine groups is 1. The molecule has 0 aliphatic carbocycles. The van der Waals surface area contributed by atoms with Crippen molar-refractivity contribution in [1.82, 2.24) is 15.3 Å². The first-order chi connectivity index (χ1) is 20.2. The maximum Gasteiger partial charge on any atom is 0.247 e. The zero-order chi connectivity index (χ0) is 31.9. The minimum atomic E-state index is -3.53. The summed E-state index contributed by atoms with van der Waals surface area (Å²) in [5, 5.41) is 15.5. The fraction of sp³-hybridized carbons (Fsp3) is 0.214. The van der Waals surface area contributed by atoms with Gasteiger partial charge in [-0.1, -0.05) is 42.4 Å². The molecule has 2 amide bonds. The number of rotatable bonds is 2. The number of halogens is 2. The largest absolute Gasteiger partial charge is 0.394 e. The quantitative estimate of drug-likeness (QED) is 0.111. The highest BCUT2D eigenvalue weighted by molar-refractivity contribution is 8.13. The summed E-state index contributed by atoms with van der Waals surface area (Å²) in [5.74, 6) is -0.613. The SMILES string of the molecule is C.CN/C=C1\CC(=O)Nc2cc(Cl)ccc2C1=O.CS(=O)(=O)c1ncc2c(n1)-c1ccc(Cl)cc1NC(=O)C2.CSC(=N)N. The number of Topliss-reactive ketones (excluding diaryl/α,β-unsaturated/α-hetero) is 1. The summed E-state index contributed by atoms with van der Waals surface area (Å²) in [6, 6.07) is 9.79. The predicted molar refractivity (Wildman–Crippen MR) is 176 cm³/mol. The monoisotopic (exact) mass is 679 g/mol. The van der Waals surface area contributed by atoms with Crippen molar-refractivity contribution in [2.24, 2.45) is 5.73 Å². The van der Waals surface area contributed by atoms with Crippen molar-refractivity contribution in [3.05, 3.63) is 75.5 Å². The lowest BCUT2D eigenvalue weighted by molar-refractivity contribution is -0.116. The van der Waals surface area contributed by atoms with E-state index in [1.807, 2.05) is 0 Å². The van der Waals surface area contributed by atoms with E-state index >= 15 is 0 Å². The second-order valence-corrected chi connectivity index (χ2v) is 12.6. The molecule has 6 N–H and O–H groups in total. The molecule has 1 aromatic heterocycles. The first-order valence-electron chi connectivity index (χ1n) is 12.3. The molecule has 3 aromatic rings. The smallest absolute Gasteiger partial charge is 0.247 e. The predicted octanol–water partition coefficient (Wildman–Crippen LogP) is 4.54. The molecule has 0 atom stereocenters. The van der Waals surface area contributed by atoms with Gasteiger partial charge in [-0.25, -0.2) is 18.4 Å². The van der Waals surface area contributed by atoms with Crippen molar-refractivity contribution >= 4 is 78.9 Å². The number of nitrogens with one attached hydrogen (secondary N) is 4. The second kappa shape index (κ2) is 15.7. The highest BCUT2D eigenvalue weighted by atomic mass is 35.5. The molecule has 2 aliphatic rings. The molecular formula is C28H31Cl2N7O5S2. The fourth-order valence-corrected chi connectivity index (χ4v) is 4.70. The first-order valence-corrected chi connectivity index (χ1v) is 16.1. The van der Waals surface area contributed by atoms with Crippen molar-refractivity contribution in [2.45, 2.75) is 25.4 Å². The van der Waals surface area contributed by atoms with Crippen LogP contribution in [0.3, 0.4) is 0 Å². The fourth-order valence-electron chi connectivity index (χ4n) is 3.85. The Morgan fingerprint density at radius 2 is 1.55 bits per heavy atom. The van der Waals surface area contributed by atoms with Crippen molar-refractivity contribution in [2.75, 3.05) is 30.2 Å². The Balaban J connectivity index is 0.000000265. The Hall–Kier alpha value is -3.98. The topological polar surface area (TPSA) is 197 Å². The Morgan fingerprint density at radius 1 is 1.02 bits per heavy atom. The minimum absolute atomic E-state index is 0. The number of carbonyl (C=O) groups is 3. The van der Waals surface area contributed by atoms with Gasteiger partial charge in [0.1, 0.15) is 0 Å².